The van der Waals surface area contributed by atoms with Gasteiger partial charge in [-0.2, -0.15) is 0 Å². The number of aromatic nitrogens is 7. The van der Waals surface area contributed by atoms with Gasteiger partial charge in [-0.1, -0.05) is 54.6 Å². The van der Waals surface area contributed by atoms with Gasteiger partial charge < -0.3 is 4.57 Å². The van der Waals surface area contributed by atoms with Crippen LogP contribution in [0, 0.1) is 0 Å². The molecule has 7 nitrogen and oxygen atoms in total. The predicted octanol–water partition coefficient (Wildman–Crippen LogP) is 9.86. The summed E-state index contributed by atoms with van der Waals surface area (Å²) in [6.07, 6.45) is 11.3. The first-order chi connectivity index (χ1) is 24.8. The zero-order chi connectivity index (χ0) is 33.0. The molecule has 10 rings (SSSR count). The highest BCUT2D eigenvalue weighted by Gasteiger charge is 2.16. The van der Waals surface area contributed by atoms with Crippen molar-refractivity contribution in [3.63, 3.8) is 0 Å². The van der Waals surface area contributed by atoms with Gasteiger partial charge in [-0.25, -0.2) is 9.97 Å². The summed E-state index contributed by atoms with van der Waals surface area (Å²) in [7, 11) is 0. The fourth-order valence-electron chi connectivity index (χ4n) is 7.12. The Labute approximate surface area is 286 Å². The molecule has 0 fully saturated rings. The maximum atomic E-state index is 5.09. The highest BCUT2D eigenvalue weighted by molar-refractivity contribution is 6.09. The normalized spacial score (nSPS) is 11.6. The first-order valence-electron chi connectivity index (χ1n) is 16.5. The molecule has 0 aliphatic heterocycles. The fourth-order valence-corrected chi connectivity index (χ4v) is 7.12. The van der Waals surface area contributed by atoms with E-state index in [9.17, 15) is 0 Å². The van der Waals surface area contributed by atoms with Gasteiger partial charge in [-0.15, -0.1) is 0 Å². The minimum atomic E-state index is 0.802. The Kier molecular flexibility index (Phi) is 6.35. The lowest BCUT2D eigenvalue weighted by Crippen LogP contribution is -1.98. The average molecular weight is 642 g/mol. The number of rotatable bonds is 5. The number of hydrogen-bond donors (Lipinski definition) is 0. The molecule has 0 amide bonds. The molecule has 0 unspecified atom stereocenters. The van der Waals surface area contributed by atoms with Crippen molar-refractivity contribution in [2.45, 2.75) is 0 Å². The number of benzene rings is 3. The largest absolute Gasteiger partial charge is 0.309 e. The summed E-state index contributed by atoms with van der Waals surface area (Å²) in [6, 6.07) is 44.0. The first kappa shape index (κ1) is 28.1. The molecule has 0 N–H and O–H groups in total. The van der Waals surface area contributed by atoms with E-state index < -0.39 is 0 Å². The van der Waals surface area contributed by atoms with E-state index in [-0.39, 0.29) is 0 Å². The highest BCUT2D eigenvalue weighted by atomic mass is 15.1. The van der Waals surface area contributed by atoms with E-state index in [1.807, 2.05) is 55.2 Å². The van der Waals surface area contributed by atoms with Crippen LogP contribution in [-0.4, -0.2) is 34.1 Å². The van der Waals surface area contributed by atoms with Crippen LogP contribution in [0.5, 0.6) is 0 Å². The third-order valence-electron chi connectivity index (χ3n) is 9.43. The summed E-state index contributed by atoms with van der Waals surface area (Å²) in [6.45, 7) is 0. The summed E-state index contributed by atoms with van der Waals surface area (Å²) in [5.41, 5.74) is 11.0. The molecule has 0 aliphatic carbocycles. The molecule has 7 heteroatoms. The van der Waals surface area contributed by atoms with E-state index in [0.29, 0.717) is 0 Å². The lowest BCUT2D eigenvalue weighted by Gasteiger charge is -2.12. The Morgan fingerprint density at radius 3 is 1.68 bits per heavy atom. The molecule has 50 heavy (non-hydrogen) atoms. The zero-order valence-corrected chi connectivity index (χ0v) is 26.7. The second kappa shape index (κ2) is 11.3. The smallest absolute Gasteiger partial charge is 0.137 e. The fraction of sp³-hybridized carbons (Fsp3) is 0. The van der Waals surface area contributed by atoms with Crippen LogP contribution in [0.3, 0.4) is 0 Å². The van der Waals surface area contributed by atoms with Crippen LogP contribution in [0.25, 0.3) is 88.9 Å². The van der Waals surface area contributed by atoms with E-state index >= 15 is 0 Å². The van der Waals surface area contributed by atoms with Gasteiger partial charge in [0, 0.05) is 70.0 Å². The van der Waals surface area contributed by atoms with Crippen LogP contribution in [0.15, 0.2) is 165 Å². The Morgan fingerprint density at radius 1 is 0.380 bits per heavy atom. The van der Waals surface area contributed by atoms with Crippen LogP contribution in [-0.2, 0) is 0 Å². The van der Waals surface area contributed by atoms with Crippen LogP contribution in [0.2, 0.25) is 0 Å². The number of hydrogen-bond acceptors (Lipinski definition) is 5. The minimum absolute atomic E-state index is 0.802. The van der Waals surface area contributed by atoms with Crippen molar-refractivity contribution in [2.24, 2.45) is 0 Å². The van der Waals surface area contributed by atoms with Gasteiger partial charge >= 0.3 is 0 Å². The van der Waals surface area contributed by atoms with Crippen molar-refractivity contribution in [1.82, 2.24) is 34.1 Å². The molecule has 0 saturated carbocycles. The molecule has 0 saturated heterocycles. The lowest BCUT2D eigenvalue weighted by molar-refractivity contribution is 1.08. The highest BCUT2D eigenvalue weighted by Crippen LogP contribution is 2.35. The third-order valence-corrected chi connectivity index (χ3v) is 9.43. The van der Waals surface area contributed by atoms with E-state index in [1.54, 1.807) is 6.20 Å². The molecule has 7 aromatic heterocycles. The van der Waals surface area contributed by atoms with Gasteiger partial charge in [0.05, 0.1) is 39.1 Å². The van der Waals surface area contributed by atoms with Crippen molar-refractivity contribution in [2.75, 3.05) is 0 Å². The maximum absolute atomic E-state index is 5.09. The zero-order valence-electron chi connectivity index (χ0n) is 26.7. The molecule has 10 aromatic rings. The quantitative estimate of drug-likeness (QED) is 0.187. The molecule has 0 radical (unpaired) electrons. The molecular weight excluding hydrogens is 615 g/mol. The lowest BCUT2D eigenvalue weighted by atomic mass is 10.0. The van der Waals surface area contributed by atoms with Crippen molar-refractivity contribution in [3.05, 3.63) is 165 Å². The summed E-state index contributed by atoms with van der Waals surface area (Å²) >= 11 is 0. The molecule has 0 atom stereocenters. The molecule has 234 valence electrons. The molecule has 7 heterocycles. The monoisotopic (exact) mass is 641 g/mol. The number of pyridine rings is 5. The summed E-state index contributed by atoms with van der Waals surface area (Å²) < 4.78 is 4.49. The Hall–Kier alpha value is -6.99. The minimum Gasteiger partial charge on any atom is -0.309 e. The van der Waals surface area contributed by atoms with E-state index in [0.717, 1.165) is 83.5 Å². The summed E-state index contributed by atoms with van der Waals surface area (Å²) in [5, 5.41) is 4.58. The van der Waals surface area contributed by atoms with E-state index in [2.05, 4.69) is 127 Å². The maximum Gasteiger partial charge on any atom is 0.137 e. The molecular formula is C43H27N7. The first-order valence-corrected chi connectivity index (χ1v) is 16.5. The SMILES string of the molecule is c1ccc(-c2cc(-c3ccc(-n4c5ccccc5c5cnccc54)cc3)cc(-c3ccc(-n4c5ccccc5c5cnccc54)nc3)n2)nc1. The number of fused-ring (bicyclic) bond motifs is 6. The topological polar surface area (TPSA) is 74.3 Å². The Balaban J connectivity index is 1.07. The number of para-hydroxylation sites is 2. The summed E-state index contributed by atoms with van der Waals surface area (Å²) in [4.78, 5) is 23.5. The van der Waals surface area contributed by atoms with Gasteiger partial charge in [-0.3, -0.25) is 19.5 Å². The molecule has 0 aliphatic rings. The second-order valence-electron chi connectivity index (χ2n) is 12.3. The van der Waals surface area contributed by atoms with Crippen molar-refractivity contribution in [1.29, 1.82) is 0 Å². The van der Waals surface area contributed by atoms with Crippen LogP contribution < -0.4 is 0 Å². The van der Waals surface area contributed by atoms with Crippen LogP contribution in [0.4, 0.5) is 0 Å². The molecule has 3 aromatic carbocycles. The Morgan fingerprint density at radius 2 is 1.00 bits per heavy atom. The predicted molar refractivity (Wildman–Crippen MR) is 200 cm³/mol. The van der Waals surface area contributed by atoms with Gasteiger partial charge in [0.1, 0.15) is 5.82 Å². The van der Waals surface area contributed by atoms with Crippen molar-refractivity contribution >= 4 is 43.6 Å². The van der Waals surface area contributed by atoms with Crippen LogP contribution in [0.1, 0.15) is 0 Å². The molecule has 0 spiro atoms. The van der Waals surface area contributed by atoms with E-state index in [1.165, 1.54) is 5.39 Å². The average Bonchev–Trinajstić information content (AvgIpc) is 3.71. The number of nitrogens with zero attached hydrogens (tertiary/aromatic N) is 7. The van der Waals surface area contributed by atoms with Crippen molar-refractivity contribution < 1.29 is 0 Å². The summed E-state index contributed by atoms with van der Waals surface area (Å²) in [5.74, 6) is 0.837. The van der Waals surface area contributed by atoms with Gasteiger partial charge in [-0.05, 0) is 83.9 Å². The van der Waals surface area contributed by atoms with Crippen molar-refractivity contribution in [3.8, 4) is 45.3 Å². The Bertz CT molecular complexity index is 2570. The van der Waals surface area contributed by atoms with Gasteiger partial charge in [0.15, 0.2) is 0 Å². The standard InChI is InChI=1S/C43H27N7/c1-3-10-39-32(7-1)34-26-44-21-18-41(34)49(39)31-15-12-28(13-16-31)30-23-37(48-38(24-30)36-9-5-6-20-46-36)29-14-17-43(47-25-29)50-40-11-4-2-8-33(40)35-27-45-22-19-42(35)50/h1-27H. The third kappa shape index (κ3) is 4.48. The molecule has 0 bridgehead atoms. The second-order valence-corrected chi connectivity index (χ2v) is 12.3. The van der Waals surface area contributed by atoms with Gasteiger partial charge in [0.2, 0.25) is 0 Å². The van der Waals surface area contributed by atoms with Gasteiger partial charge in [0.25, 0.3) is 0 Å². The van der Waals surface area contributed by atoms with Crippen LogP contribution >= 0.6 is 0 Å². The van der Waals surface area contributed by atoms with E-state index in [4.69, 9.17) is 9.97 Å².